The molecule has 0 unspecified atom stereocenters. The van der Waals surface area contributed by atoms with E-state index < -0.39 is 15.7 Å². The Balaban J connectivity index is 1.74. The maximum Gasteiger partial charge on any atom is 0.261 e. The molecule has 0 aliphatic heterocycles. The Morgan fingerprint density at radius 3 is 2.46 bits per heavy atom. The molecule has 3 rings (SSSR count). The van der Waals surface area contributed by atoms with Gasteiger partial charge in [-0.25, -0.2) is 8.42 Å². The molecule has 8 nitrogen and oxygen atoms in total. The Labute approximate surface area is 166 Å². The van der Waals surface area contributed by atoms with E-state index in [-0.39, 0.29) is 16.0 Å². The molecule has 0 bridgehead atoms. The van der Waals surface area contributed by atoms with Crippen LogP contribution in [0.2, 0.25) is 0 Å². The Bertz CT molecular complexity index is 1080. The fraction of sp³-hybridized carbons (Fsp3) is 0.167. The first-order valence-electron chi connectivity index (χ1n) is 8.06. The quantitative estimate of drug-likeness (QED) is 0.627. The van der Waals surface area contributed by atoms with Crippen LogP contribution >= 0.6 is 11.5 Å². The lowest BCUT2D eigenvalue weighted by atomic mass is 10.2. The Morgan fingerprint density at radius 1 is 1.07 bits per heavy atom. The predicted molar refractivity (Wildman–Crippen MR) is 105 cm³/mol. The van der Waals surface area contributed by atoms with Crippen molar-refractivity contribution in [2.24, 2.45) is 0 Å². The van der Waals surface area contributed by atoms with Gasteiger partial charge >= 0.3 is 0 Å². The first-order valence-corrected chi connectivity index (χ1v) is 10.5. The summed E-state index contributed by atoms with van der Waals surface area (Å²) in [7, 11) is -0.750. The van der Waals surface area contributed by atoms with Crippen LogP contribution < -0.4 is 14.8 Å². The van der Waals surface area contributed by atoms with Gasteiger partial charge in [0.2, 0.25) is 15.0 Å². The summed E-state index contributed by atoms with van der Waals surface area (Å²) in [6.07, 6.45) is 0. The first-order chi connectivity index (χ1) is 13.4. The molecular formula is C18H17N3O5S2. The number of rotatable bonds is 7. The van der Waals surface area contributed by atoms with Crippen molar-refractivity contribution in [3.63, 3.8) is 0 Å². The van der Waals surface area contributed by atoms with Crippen molar-refractivity contribution in [1.29, 1.82) is 0 Å². The van der Waals surface area contributed by atoms with Crippen molar-refractivity contribution in [2.45, 2.75) is 10.9 Å². The van der Waals surface area contributed by atoms with E-state index in [1.807, 2.05) is 0 Å². The lowest BCUT2D eigenvalue weighted by Crippen LogP contribution is -2.12. The van der Waals surface area contributed by atoms with Crippen LogP contribution in [0.15, 0.2) is 53.7 Å². The van der Waals surface area contributed by atoms with Crippen molar-refractivity contribution in [2.75, 3.05) is 19.5 Å². The number of sulfone groups is 1. The number of ether oxygens (including phenoxy) is 2. The molecule has 2 aromatic carbocycles. The second-order valence-electron chi connectivity index (χ2n) is 5.65. The third-order valence-electron chi connectivity index (χ3n) is 3.75. The summed E-state index contributed by atoms with van der Waals surface area (Å²) in [5, 5.41) is 2.32. The summed E-state index contributed by atoms with van der Waals surface area (Å²) in [5.74, 6) is 0.208. The molecule has 10 heteroatoms. The molecule has 1 aromatic heterocycles. The molecule has 0 saturated carbocycles. The number of benzene rings is 2. The number of carbonyl (C=O) groups is 1. The Kier molecular flexibility index (Phi) is 5.90. The van der Waals surface area contributed by atoms with Crippen molar-refractivity contribution >= 4 is 32.4 Å². The summed E-state index contributed by atoms with van der Waals surface area (Å²) >= 11 is 0.799. The number of anilines is 1. The number of methoxy groups -OCH3 is 2. The van der Waals surface area contributed by atoms with Gasteiger partial charge in [0.25, 0.3) is 11.1 Å². The third-order valence-corrected chi connectivity index (χ3v) is 5.95. The second-order valence-corrected chi connectivity index (χ2v) is 8.29. The lowest BCUT2D eigenvalue weighted by molar-refractivity contribution is 0.102. The van der Waals surface area contributed by atoms with Crippen LogP contribution in [0.5, 0.6) is 11.5 Å². The zero-order chi connectivity index (χ0) is 20.1. The predicted octanol–water partition coefficient (Wildman–Crippen LogP) is 2.78. The van der Waals surface area contributed by atoms with Crippen LogP contribution in [-0.4, -0.2) is 37.9 Å². The van der Waals surface area contributed by atoms with Crippen LogP contribution in [0.3, 0.4) is 0 Å². The van der Waals surface area contributed by atoms with Crippen LogP contribution in [0, 0.1) is 0 Å². The van der Waals surface area contributed by atoms with Gasteiger partial charge in [0.1, 0.15) is 0 Å². The van der Waals surface area contributed by atoms with Crippen LogP contribution in [0.25, 0.3) is 0 Å². The zero-order valence-corrected chi connectivity index (χ0v) is 16.7. The van der Waals surface area contributed by atoms with Crippen molar-refractivity contribution < 1.29 is 22.7 Å². The van der Waals surface area contributed by atoms with E-state index in [9.17, 15) is 13.2 Å². The van der Waals surface area contributed by atoms with Gasteiger partial charge in [-0.2, -0.15) is 9.36 Å². The van der Waals surface area contributed by atoms with Crippen molar-refractivity contribution in [3.05, 3.63) is 59.7 Å². The standard InChI is InChI=1S/C18H17N3O5S2/c1-25-14-9-8-13(10-15(14)26-2)16(22)19-17-20-18(21-27-17)28(23,24)11-12-6-4-3-5-7-12/h3-10H,11H2,1-2H3,(H,19,20,21,22). The molecule has 0 saturated heterocycles. The molecule has 1 N–H and O–H groups in total. The molecule has 1 amide bonds. The second kappa shape index (κ2) is 8.36. The van der Waals surface area contributed by atoms with E-state index in [2.05, 4.69) is 14.7 Å². The number of aromatic nitrogens is 2. The van der Waals surface area contributed by atoms with E-state index in [1.54, 1.807) is 42.5 Å². The molecule has 28 heavy (non-hydrogen) atoms. The molecule has 3 aromatic rings. The first kappa shape index (κ1) is 19.8. The minimum atomic E-state index is -3.71. The van der Waals surface area contributed by atoms with E-state index in [0.29, 0.717) is 22.6 Å². The Morgan fingerprint density at radius 2 is 1.79 bits per heavy atom. The van der Waals surface area contributed by atoms with Crippen LogP contribution in [0.1, 0.15) is 15.9 Å². The molecular weight excluding hydrogens is 402 g/mol. The minimum absolute atomic E-state index is 0.0893. The molecule has 0 aliphatic rings. The molecule has 0 spiro atoms. The minimum Gasteiger partial charge on any atom is -0.493 e. The highest BCUT2D eigenvalue weighted by atomic mass is 32.2. The normalized spacial score (nSPS) is 11.1. The van der Waals surface area contributed by atoms with Gasteiger partial charge in [-0.1, -0.05) is 30.3 Å². The number of carbonyl (C=O) groups excluding carboxylic acids is 1. The van der Waals surface area contributed by atoms with Gasteiger partial charge in [0.15, 0.2) is 11.5 Å². The number of nitrogens with one attached hydrogen (secondary N) is 1. The number of hydrogen-bond donors (Lipinski definition) is 1. The Hall–Kier alpha value is -2.98. The highest BCUT2D eigenvalue weighted by Crippen LogP contribution is 2.28. The molecule has 146 valence electrons. The maximum absolute atomic E-state index is 12.5. The largest absolute Gasteiger partial charge is 0.493 e. The molecule has 1 heterocycles. The van der Waals surface area contributed by atoms with Crippen LogP contribution in [-0.2, 0) is 15.6 Å². The average Bonchev–Trinajstić information content (AvgIpc) is 3.17. The SMILES string of the molecule is COc1ccc(C(=O)Nc2nc(S(=O)(=O)Cc3ccccc3)ns2)cc1OC. The molecule has 0 aliphatic carbocycles. The highest BCUT2D eigenvalue weighted by Gasteiger charge is 2.22. The summed E-state index contributed by atoms with van der Waals surface area (Å²) < 4.78 is 39.1. The van der Waals surface area contributed by atoms with Gasteiger partial charge in [0, 0.05) is 17.1 Å². The number of hydrogen-bond acceptors (Lipinski definition) is 8. The molecule has 0 atom stereocenters. The monoisotopic (exact) mass is 419 g/mol. The van der Waals surface area contributed by atoms with E-state index in [4.69, 9.17) is 9.47 Å². The molecule has 0 radical (unpaired) electrons. The van der Waals surface area contributed by atoms with Crippen molar-refractivity contribution in [1.82, 2.24) is 9.36 Å². The average molecular weight is 419 g/mol. The van der Waals surface area contributed by atoms with Crippen molar-refractivity contribution in [3.8, 4) is 11.5 Å². The van der Waals surface area contributed by atoms with E-state index in [1.165, 1.54) is 20.3 Å². The summed E-state index contributed by atoms with van der Waals surface area (Å²) in [5.41, 5.74) is 0.940. The lowest BCUT2D eigenvalue weighted by Gasteiger charge is -2.09. The molecule has 0 fully saturated rings. The maximum atomic E-state index is 12.5. The van der Waals surface area contributed by atoms with Gasteiger partial charge in [-0.3, -0.25) is 10.1 Å². The smallest absolute Gasteiger partial charge is 0.261 e. The number of amides is 1. The third kappa shape index (κ3) is 4.46. The van der Waals surface area contributed by atoms with Crippen LogP contribution in [0.4, 0.5) is 5.13 Å². The van der Waals surface area contributed by atoms with Gasteiger partial charge in [-0.15, -0.1) is 0 Å². The fourth-order valence-electron chi connectivity index (χ4n) is 2.39. The van der Waals surface area contributed by atoms with E-state index >= 15 is 0 Å². The fourth-order valence-corrected chi connectivity index (χ4v) is 4.48. The summed E-state index contributed by atoms with van der Waals surface area (Å²) in [6.45, 7) is 0. The van der Waals surface area contributed by atoms with Gasteiger partial charge < -0.3 is 9.47 Å². The van der Waals surface area contributed by atoms with E-state index in [0.717, 1.165) is 11.5 Å². The topological polar surface area (TPSA) is 107 Å². The highest BCUT2D eigenvalue weighted by molar-refractivity contribution is 7.90. The van der Waals surface area contributed by atoms with Gasteiger partial charge in [0.05, 0.1) is 20.0 Å². The summed E-state index contributed by atoms with van der Waals surface area (Å²) in [4.78, 5) is 16.4. The zero-order valence-electron chi connectivity index (χ0n) is 15.1. The summed E-state index contributed by atoms with van der Waals surface area (Å²) in [6, 6.07) is 13.4. The number of nitrogens with zero attached hydrogens (tertiary/aromatic N) is 2. The van der Waals surface area contributed by atoms with Gasteiger partial charge in [-0.05, 0) is 23.8 Å².